The van der Waals surface area contributed by atoms with Crippen LogP contribution in [-0.4, -0.2) is 19.6 Å². The summed E-state index contributed by atoms with van der Waals surface area (Å²) < 4.78 is 28.4. The van der Waals surface area contributed by atoms with E-state index in [9.17, 15) is 8.78 Å². The first-order valence-corrected chi connectivity index (χ1v) is 7.46. The number of halogens is 2. The number of hydrogen-bond acceptors (Lipinski definition) is 2. The van der Waals surface area contributed by atoms with Crippen molar-refractivity contribution in [1.82, 2.24) is 5.32 Å². The van der Waals surface area contributed by atoms with E-state index < -0.39 is 11.6 Å². The second kappa shape index (κ2) is 6.53. The summed E-state index contributed by atoms with van der Waals surface area (Å²) in [5.74, 6) is 0.194. The summed E-state index contributed by atoms with van der Waals surface area (Å²) in [6, 6.07) is 2.90. The largest absolute Gasteiger partial charge is 0.366 e. The number of nitrogens with zero attached hydrogens (tertiary/aromatic N) is 1. The molecular weight excluding hydrogens is 258 g/mol. The lowest BCUT2D eigenvalue weighted by atomic mass is 9.95. The fraction of sp³-hybridized carbons (Fsp3) is 0.625. The highest BCUT2D eigenvalue weighted by atomic mass is 19.1. The van der Waals surface area contributed by atoms with Gasteiger partial charge in [-0.2, -0.15) is 0 Å². The van der Waals surface area contributed by atoms with Crippen LogP contribution in [0.3, 0.4) is 0 Å². The first-order valence-electron chi connectivity index (χ1n) is 7.46. The first-order chi connectivity index (χ1) is 9.52. The minimum atomic E-state index is -0.442. The van der Waals surface area contributed by atoms with Crippen LogP contribution in [0.2, 0.25) is 0 Å². The van der Waals surface area contributed by atoms with E-state index in [2.05, 4.69) is 19.2 Å². The number of rotatable bonds is 5. The van der Waals surface area contributed by atoms with Crippen LogP contribution in [0.25, 0.3) is 0 Å². The number of benzene rings is 1. The van der Waals surface area contributed by atoms with E-state index in [1.54, 1.807) is 0 Å². The third kappa shape index (κ3) is 3.29. The Labute approximate surface area is 120 Å². The first kappa shape index (κ1) is 15.2. The summed E-state index contributed by atoms with van der Waals surface area (Å²) >= 11 is 0. The molecule has 1 heterocycles. The van der Waals surface area contributed by atoms with Gasteiger partial charge in [0.2, 0.25) is 0 Å². The molecule has 0 saturated carbocycles. The summed E-state index contributed by atoms with van der Waals surface area (Å²) in [6.45, 7) is 9.08. The zero-order valence-corrected chi connectivity index (χ0v) is 12.5. The fourth-order valence-corrected chi connectivity index (χ4v) is 2.83. The van der Waals surface area contributed by atoms with E-state index in [4.69, 9.17) is 0 Å². The molecule has 0 aromatic heterocycles. The predicted octanol–water partition coefficient (Wildman–Crippen LogP) is 3.56. The Morgan fingerprint density at radius 2 is 1.95 bits per heavy atom. The molecule has 20 heavy (non-hydrogen) atoms. The lowest BCUT2D eigenvalue weighted by molar-refractivity contribution is 0.422. The Hall–Kier alpha value is -1.16. The van der Waals surface area contributed by atoms with E-state index in [0.717, 1.165) is 26.1 Å². The standard InChI is InChI=1S/C16H24F2N2/c1-4-19-9-12-7-14(17)16(15(18)8-12)20-6-5-13(10-20)11(2)3/h7-8,11,13,19H,4-6,9-10H2,1-3H3. The van der Waals surface area contributed by atoms with E-state index in [1.807, 2.05) is 11.8 Å². The van der Waals surface area contributed by atoms with E-state index in [0.29, 0.717) is 23.9 Å². The van der Waals surface area contributed by atoms with Gasteiger partial charge >= 0.3 is 0 Å². The number of nitrogens with one attached hydrogen (secondary N) is 1. The van der Waals surface area contributed by atoms with Crippen LogP contribution in [-0.2, 0) is 6.54 Å². The molecular formula is C16H24F2N2. The van der Waals surface area contributed by atoms with Crippen LogP contribution in [0, 0.1) is 23.5 Å². The summed E-state index contributed by atoms with van der Waals surface area (Å²) in [6.07, 6.45) is 1.01. The van der Waals surface area contributed by atoms with Gasteiger partial charge in [-0.1, -0.05) is 20.8 Å². The molecule has 1 aromatic carbocycles. The molecule has 4 heteroatoms. The Kier molecular flexibility index (Phi) is 4.97. The van der Waals surface area contributed by atoms with Crippen LogP contribution in [0.15, 0.2) is 12.1 Å². The predicted molar refractivity (Wildman–Crippen MR) is 78.9 cm³/mol. The van der Waals surface area contributed by atoms with Gasteiger partial charge in [-0.25, -0.2) is 8.78 Å². The average Bonchev–Trinajstić information content (AvgIpc) is 2.85. The van der Waals surface area contributed by atoms with E-state index in [1.165, 1.54) is 12.1 Å². The normalized spacial score (nSPS) is 19.1. The van der Waals surface area contributed by atoms with Crippen molar-refractivity contribution in [3.63, 3.8) is 0 Å². The summed E-state index contributed by atoms with van der Waals surface area (Å²) in [5.41, 5.74) is 0.804. The summed E-state index contributed by atoms with van der Waals surface area (Å²) in [7, 11) is 0. The van der Waals surface area contributed by atoms with Crippen LogP contribution in [0.4, 0.5) is 14.5 Å². The smallest absolute Gasteiger partial charge is 0.149 e. The van der Waals surface area contributed by atoms with Gasteiger partial charge in [0.25, 0.3) is 0 Å². The number of hydrogen-bond donors (Lipinski definition) is 1. The summed E-state index contributed by atoms with van der Waals surface area (Å²) in [4.78, 5) is 1.85. The monoisotopic (exact) mass is 282 g/mol. The van der Waals surface area contributed by atoms with Crippen molar-refractivity contribution in [2.75, 3.05) is 24.5 Å². The maximum Gasteiger partial charge on any atom is 0.149 e. The topological polar surface area (TPSA) is 15.3 Å². The number of anilines is 1. The molecule has 1 aromatic rings. The van der Waals surface area contributed by atoms with Crippen LogP contribution >= 0.6 is 0 Å². The Morgan fingerprint density at radius 3 is 2.45 bits per heavy atom. The molecule has 1 aliphatic rings. The molecule has 2 rings (SSSR count). The van der Waals surface area contributed by atoms with Crippen molar-refractivity contribution < 1.29 is 8.78 Å². The molecule has 1 saturated heterocycles. The zero-order valence-electron chi connectivity index (χ0n) is 12.5. The quantitative estimate of drug-likeness (QED) is 0.888. The summed E-state index contributed by atoms with van der Waals surface area (Å²) in [5, 5.41) is 3.08. The van der Waals surface area contributed by atoms with Crippen LogP contribution in [0.1, 0.15) is 32.8 Å². The van der Waals surface area contributed by atoms with Crippen LogP contribution < -0.4 is 10.2 Å². The molecule has 1 N–H and O–H groups in total. The lowest BCUT2D eigenvalue weighted by Gasteiger charge is -2.21. The van der Waals surface area contributed by atoms with Gasteiger partial charge in [0, 0.05) is 19.6 Å². The Balaban J connectivity index is 2.16. The molecule has 0 bridgehead atoms. The minimum absolute atomic E-state index is 0.147. The molecule has 2 nitrogen and oxygen atoms in total. The zero-order chi connectivity index (χ0) is 14.7. The van der Waals surface area contributed by atoms with Crippen molar-refractivity contribution in [1.29, 1.82) is 0 Å². The Morgan fingerprint density at radius 1 is 1.30 bits per heavy atom. The molecule has 1 aliphatic heterocycles. The molecule has 1 unspecified atom stereocenters. The van der Waals surface area contributed by atoms with Crippen molar-refractivity contribution in [2.24, 2.45) is 11.8 Å². The molecule has 1 fully saturated rings. The molecule has 1 atom stereocenters. The van der Waals surface area contributed by atoms with Gasteiger partial charge in [-0.15, -0.1) is 0 Å². The molecule has 0 spiro atoms. The second-order valence-electron chi connectivity index (χ2n) is 5.93. The average molecular weight is 282 g/mol. The third-order valence-electron chi connectivity index (χ3n) is 4.14. The molecule has 112 valence electrons. The molecule has 0 radical (unpaired) electrons. The highest BCUT2D eigenvalue weighted by Crippen LogP contribution is 2.32. The highest BCUT2D eigenvalue weighted by molar-refractivity contribution is 5.51. The maximum atomic E-state index is 14.2. The van der Waals surface area contributed by atoms with Crippen molar-refractivity contribution in [3.05, 3.63) is 29.3 Å². The van der Waals surface area contributed by atoms with Gasteiger partial charge < -0.3 is 10.2 Å². The molecule has 0 aliphatic carbocycles. The fourth-order valence-electron chi connectivity index (χ4n) is 2.83. The van der Waals surface area contributed by atoms with E-state index >= 15 is 0 Å². The van der Waals surface area contributed by atoms with Crippen molar-refractivity contribution in [3.8, 4) is 0 Å². The minimum Gasteiger partial charge on any atom is -0.366 e. The van der Waals surface area contributed by atoms with Gasteiger partial charge in [-0.3, -0.25) is 0 Å². The Bertz CT molecular complexity index is 437. The van der Waals surface area contributed by atoms with Crippen molar-refractivity contribution in [2.45, 2.75) is 33.7 Å². The van der Waals surface area contributed by atoms with Crippen molar-refractivity contribution >= 4 is 5.69 Å². The SMILES string of the molecule is CCNCc1cc(F)c(N2CCC(C(C)C)C2)c(F)c1. The van der Waals surface area contributed by atoms with Gasteiger partial charge in [0.15, 0.2) is 0 Å². The maximum absolute atomic E-state index is 14.2. The highest BCUT2D eigenvalue weighted by Gasteiger charge is 2.28. The van der Waals surface area contributed by atoms with Crippen LogP contribution in [0.5, 0.6) is 0 Å². The van der Waals surface area contributed by atoms with E-state index in [-0.39, 0.29) is 5.69 Å². The third-order valence-corrected chi connectivity index (χ3v) is 4.14. The van der Waals surface area contributed by atoms with Gasteiger partial charge in [0.1, 0.15) is 17.3 Å². The molecule has 0 amide bonds. The van der Waals surface area contributed by atoms with Gasteiger partial charge in [-0.05, 0) is 42.5 Å². The lowest BCUT2D eigenvalue weighted by Crippen LogP contribution is -2.24. The second-order valence-corrected chi connectivity index (χ2v) is 5.93. The van der Waals surface area contributed by atoms with Gasteiger partial charge in [0.05, 0.1) is 0 Å².